The molecule has 0 radical (unpaired) electrons. The van der Waals surface area contributed by atoms with Crippen LogP contribution in [0, 0.1) is 6.92 Å². The van der Waals surface area contributed by atoms with Gasteiger partial charge in [-0.05, 0) is 50.6 Å². The number of aryl methyl sites for hydroxylation is 1. The van der Waals surface area contributed by atoms with Crippen molar-refractivity contribution in [3.05, 3.63) is 59.7 Å². The fourth-order valence-electron chi connectivity index (χ4n) is 2.34. The van der Waals surface area contributed by atoms with Crippen LogP contribution in [0.1, 0.15) is 31.0 Å². The molecule has 0 fully saturated rings. The highest BCUT2D eigenvalue weighted by molar-refractivity contribution is 5.74. The van der Waals surface area contributed by atoms with E-state index in [1.54, 1.807) is 0 Å². The maximum atomic E-state index is 12.0. The van der Waals surface area contributed by atoms with Gasteiger partial charge in [-0.2, -0.15) is 0 Å². The standard InChI is InChI=1S/C20H26N2O3/c1-4-24-19-7-5-6-17(14-19)16(3)22-20(23)21-12-13-25-18-10-8-15(2)9-11-18/h5-11,14,16H,4,12-13H2,1-3H3,(H2,21,22,23). The van der Waals surface area contributed by atoms with Gasteiger partial charge in [-0.3, -0.25) is 0 Å². The molecule has 0 saturated heterocycles. The molecule has 0 saturated carbocycles. The molecule has 0 aliphatic carbocycles. The Bertz CT molecular complexity index is 671. The quantitative estimate of drug-likeness (QED) is 0.717. The SMILES string of the molecule is CCOc1cccc(C(C)NC(=O)NCCOc2ccc(C)cc2)c1. The highest BCUT2D eigenvalue weighted by atomic mass is 16.5. The first-order valence-corrected chi connectivity index (χ1v) is 8.55. The third-order valence-corrected chi connectivity index (χ3v) is 3.69. The number of urea groups is 1. The second-order valence-corrected chi connectivity index (χ2v) is 5.79. The van der Waals surface area contributed by atoms with Crippen LogP contribution in [0.4, 0.5) is 4.79 Å². The van der Waals surface area contributed by atoms with Gasteiger partial charge in [-0.15, -0.1) is 0 Å². The van der Waals surface area contributed by atoms with E-state index in [1.165, 1.54) is 5.56 Å². The number of rotatable bonds is 8. The minimum Gasteiger partial charge on any atom is -0.494 e. The third kappa shape index (κ3) is 6.37. The third-order valence-electron chi connectivity index (χ3n) is 3.69. The molecule has 1 unspecified atom stereocenters. The number of hydrogen-bond donors (Lipinski definition) is 2. The summed E-state index contributed by atoms with van der Waals surface area (Å²) in [5.41, 5.74) is 2.18. The monoisotopic (exact) mass is 342 g/mol. The Hall–Kier alpha value is -2.69. The number of amides is 2. The number of benzene rings is 2. The highest BCUT2D eigenvalue weighted by Crippen LogP contribution is 2.19. The number of ether oxygens (including phenoxy) is 2. The van der Waals surface area contributed by atoms with Crippen LogP contribution in [0.2, 0.25) is 0 Å². The summed E-state index contributed by atoms with van der Waals surface area (Å²) in [6, 6.07) is 15.2. The Morgan fingerprint density at radius 1 is 1.08 bits per heavy atom. The topological polar surface area (TPSA) is 59.6 Å². The highest BCUT2D eigenvalue weighted by Gasteiger charge is 2.09. The summed E-state index contributed by atoms with van der Waals surface area (Å²) in [5.74, 6) is 1.61. The largest absolute Gasteiger partial charge is 0.494 e. The molecular weight excluding hydrogens is 316 g/mol. The van der Waals surface area contributed by atoms with Gasteiger partial charge >= 0.3 is 6.03 Å². The van der Waals surface area contributed by atoms with Gasteiger partial charge in [-0.25, -0.2) is 4.79 Å². The van der Waals surface area contributed by atoms with Crippen molar-refractivity contribution < 1.29 is 14.3 Å². The molecule has 0 bridgehead atoms. The van der Waals surface area contributed by atoms with Gasteiger partial charge in [0.15, 0.2) is 0 Å². The average molecular weight is 342 g/mol. The van der Waals surface area contributed by atoms with Crippen LogP contribution in [0.5, 0.6) is 11.5 Å². The van der Waals surface area contributed by atoms with Crippen molar-refractivity contribution in [3.8, 4) is 11.5 Å². The zero-order chi connectivity index (χ0) is 18.1. The molecule has 5 heteroatoms. The van der Waals surface area contributed by atoms with Gasteiger partial charge in [-0.1, -0.05) is 29.8 Å². The Morgan fingerprint density at radius 2 is 1.84 bits per heavy atom. The maximum absolute atomic E-state index is 12.0. The fraction of sp³-hybridized carbons (Fsp3) is 0.350. The molecule has 2 N–H and O–H groups in total. The van der Waals surface area contributed by atoms with E-state index >= 15 is 0 Å². The number of carbonyl (C=O) groups is 1. The molecule has 25 heavy (non-hydrogen) atoms. The summed E-state index contributed by atoms with van der Waals surface area (Å²) >= 11 is 0. The molecule has 134 valence electrons. The van der Waals surface area contributed by atoms with Crippen LogP contribution in [-0.2, 0) is 0 Å². The maximum Gasteiger partial charge on any atom is 0.315 e. The van der Waals surface area contributed by atoms with Crippen LogP contribution in [-0.4, -0.2) is 25.8 Å². The lowest BCUT2D eigenvalue weighted by Gasteiger charge is -2.16. The fourth-order valence-corrected chi connectivity index (χ4v) is 2.34. The van der Waals surface area contributed by atoms with Crippen molar-refractivity contribution in [1.82, 2.24) is 10.6 Å². The molecule has 2 rings (SSSR count). The number of nitrogens with one attached hydrogen (secondary N) is 2. The van der Waals surface area contributed by atoms with Gasteiger partial charge < -0.3 is 20.1 Å². The molecule has 2 aromatic carbocycles. The Kier molecular flexibility index (Phi) is 7.14. The Balaban J connectivity index is 1.72. The molecule has 5 nitrogen and oxygen atoms in total. The zero-order valence-corrected chi connectivity index (χ0v) is 15.0. The van der Waals surface area contributed by atoms with Crippen LogP contribution in [0.3, 0.4) is 0 Å². The predicted molar refractivity (Wildman–Crippen MR) is 99.2 cm³/mol. The van der Waals surface area contributed by atoms with Crippen molar-refractivity contribution in [1.29, 1.82) is 0 Å². The smallest absolute Gasteiger partial charge is 0.315 e. The number of hydrogen-bond acceptors (Lipinski definition) is 3. The van der Waals surface area contributed by atoms with Gasteiger partial charge in [0, 0.05) is 0 Å². The van der Waals surface area contributed by atoms with E-state index in [0.29, 0.717) is 19.8 Å². The van der Waals surface area contributed by atoms with Crippen LogP contribution >= 0.6 is 0 Å². The number of carbonyl (C=O) groups excluding carboxylic acids is 1. The second-order valence-electron chi connectivity index (χ2n) is 5.79. The van der Waals surface area contributed by atoms with Gasteiger partial charge in [0.2, 0.25) is 0 Å². The van der Waals surface area contributed by atoms with Crippen molar-refractivity contribution >= 4 is 6.03 Å². The summed E-state index contributed by atoms with van der Waals surface area (Å²) in [6.07, 6.45) is 0. The Morgan fingerprint density at radius 3 is 2.56 bits per heavy atom. The van der Waals surface area contributed by atoms with Gasteiger partial charge in [0.25, 0.3) is 0 Å². The molecule has 2 aromatic rings. The van der Waals surface area contributed by atoms with E-state index in [0.717, 1.165) is 17.1 Å². The van der Waals surface area contributed by atoms with E-state index in [1.807, 2.05) is 69.3 Å². The van der Waals surface area contributed by atoms with E-state index < -0.39 is 0 Å². The lowest BCUT2D eigenvalue weighted by Crippen LogP contribution is -2.38. The molecule has 0 aliphatic heterocycles. The minimum atomic E-state index is -0.221. The summed E-state index contributed by atoms with van der Waals surface area (Å²) < 4.78 is 11.1. The van der Waals surface area contributed by atoms with Crippen molar-refractivity contribution in [2.45, 2.75) is 26.8 Å². The predicted octanol–water partition coefficient (Wildman–Crippen LogP) is 3.83. The van der Waals surface area contributed by atoms with E-state index in [2.05, 4.69) is 10.6 Å². The minimum absolute atomic E-state index is 0.113. The van der Waals surface area contributed by atoms with E-state index in [-0.39, 0.29) is 12.1 Å². The van der Waals surface area contributed by atoms with Crippen LogP contribution in [0.25, 0.3) is 0 Å². The molecule has 1 atom stereocenters. The summed E-state index contributed by atoms with van der Waals surface area (Å²) in [7, 11) is 0. The summed E-state index contributed by atoms with van der Waals surface area (Å²) in [5, 5.41) is 5.71. The lowest BCUT2D eigenvalue weighted by atomic mass is 10.1. The molecule has 0 aromatic heterocycles. The molecule has 0 spiro atoms. The zero-order valence-electron chi connectivity index (χ0n) is 15.0. The van der Waals surface area contributed by atoms with E-state index in [4.69, 9.17) is 9.47 Å². The summed E-state index contributed by atoms with van der Waals surface area (Å²) in [6.45, 7) is 7.39. The second kappa shape index (κ2) is 9.57. The first-order valence-electron chi connectivity index (χ1n) is 8.55. The summed E-state index contributed by atoms with van der Waals surface area (Å²) in [4.78, 5) is 12.0. The first-order chi connectivity index (χ1) is 12.1. The van der Waals surface area contributed by atoms with Crippen molar-refractivity contribution in [2.75, 3.05) is 19.8 Å². The molecule has 0 aliphatic rings. The van der Waals surface area contributed by atoms with Crippen molar-refractivity contribution in [2.24, 2.45) is 0 Å². The lowest BCUT2D eigenvalue weighted by molar-refractivity contribution is 0.233. The first kappa shape index (κ1) is 18.6. The van der Waals surface area contributed by atoms with Crippen molar-refractivity contribution in [3.63, 3.8) is 0 Å². The molecule has 2 amide bonds. The van der Waals surface area contributed by atoms with E-state index in [9.17, 15) is 4.79 Å². The normalized spacial score (nSPS) is 11.5. The Labute approximate surface area is 149 Å². The molecular formula is C20H26N2O3. The van der Waals surface area contributed by atoms with Crippen LogP contribution in [0.15, 0.2) is 48.5 Å². The van der Waals surface area contributed by atoms with Gasteiger partial charge in [0.1, 0.15) is 18.1 Å². The van der Waals surface area contributed by atoms with Crippen LogP contribution < -0.4 is 20.1 Å². The average Bonchev–Trinajstić information content (AvgIpc) is 2.61. The molecule has 0 heterocycles. The van der Waals surface area contributed by atoms with Gasteiger partial charge in [0.05, 0.1) is 19.2 Å².